The second kappa shape index (κ2) is 10.2. The maximum Gasteiger partial charge on any atom is 0.180 e. The van der Waals surface area contributed by atoms with E-state index in [1.54, 1.807) is 25.3 Å². The van der Waals surface area contributed by atoms with E-state index in [0.29, 0.717) is 50.6 Å². The Bertz CT molecular complexity index is 1400. The summed E-state index contributed by atoms with van der Waals surface area (Å²) in [4.78, 5) is 27.2. The first kappa shape index (κ1) is 28.1. The first-order valence-electron chi connectivity index (χ1n) is 13.0. The molecule has 0 radical (unpaired) electrons. The first-order chi connectivity index (χ1) is 18.3. The molecule has 2 aromatic rings. The molecule has 0 fully saturated rings. The highest BCUT2D eigenvalue weighted by atomic mass is 35.5. The van der Waals surface area contributed by atoms with Crippen LogP contribution in [0.15, 0.2) is 52.9 Å². The van der Waals surface area contributed by atoms with Crippen molar-refractivity contribution in [3.63, 3.8) is 0 Å². The molecule has 0 unspecified atom stereocenters. The van der Waals surface area contributed by atoms with Gasteiger partial charge in [-0.15, -0.1) is 0 Å². The third-order valence-corrected chi connectivity index (χ3v) is 8.69. The van der Waals surface area contributed by atoms with Crippen LogP contribution in [0, 0.1) is 10.8 Å². The van der Waals surface area contributed by atoms with Crippen LogP contribution in [0.25, 0.3) is 0 Å². The molecule has 0 aromatic heterocycles. The van der Waals surface area contributed by atoms with Crippen molar-refractivity contribution in [2.45, 2.75) is 65.9 Å². The normalized spacial score (nSPS) is 20.4. The molecule has 0 saturated carbocycles. The molecule has 1 heterocycles. The fraction of sp³-hybridized carbons (Fsp3) is 0.419. The lowest BCUT2D eigenvalue weighted by atomic mass is 9.64. The maximum atomic E-state index is 13.6. The van der Waals surface area contributed by atoms with E-state index in [1.807, 2.05) is 12.1 Å². The zero-order valence-electron chi connectivity index (χ0n) is 22.8. The molecule has 1 N–H and O–H groups in total. The zero-order chi connectivity index (χ0) is 28.3. The SMILES string of the molecule is COc1cc(C2C3=C(CC(C)(C)CC3=O)NC3=C2C(=O)CC(C)(C)C3)cc(Cl)c1OCc1ccc(Cl)c(Cl)c1. The smallest absolute Gasteiger partial charge is 0.180 e. The summed E-state index contributed by atoms with van der Waals surface area (Å²) in [7, 11) is 1.54. The van der Waals surface area contributed by atoms with E-state index in [0.717, 1.165) is 35.4 Å². The van der Waals surface area contributed by atoms with Gasteiger partial charge in [0, 0.05) is 41.3 Å². The molecular weight excluding hydrogens is 557 g/mol. The van der Waals surface area contributed by atoms with Gasteiger partial charge in [0.05, 0.1) is 22.2 Å². The van der Waals surface area contributed by atoms with Crippen LogP contribution in [0.2, 0.25) is 15.1 Å². The van der Waals surface area contributed by atoms with Crippen molar-refractivity contribution in [2.75, 3.05) is 7.11 Å². The predicted octanol–water partition coefficient (Wildman–Crippen LogP) is 8.21. The number of ether oxygens (including phenoxy) is 2. The summed E-state index contributed by atoms with van der Waals surface area (Å²) in [5, 5.41) is 4.77. The quantitative estimate of drug-likeness (QED) is 0.381. The fourth-order valence-corrected chi connectivity index (χ4v) is 6.65. The number of dihydropyridines is 1. The molecule has 3 aliphatic rings. The molecule has 5 nitrogen and oxygen atoms in total. The molecule has 39 heavy (non-hydrogen) atoms. The number of carbonyl (C=O) groups is 2. The topological polar surface area (TPSA) is 64.6 Å². The molecule has 0 bridgehead atoms. The van der Waals surface area contributed by atoms with Gasteiger partial charge in [0.1, 0.15) is 6.61 Å². The van der Waals surface area contributed by atoms with Gasteiger partial charge >= 0.3 is 0 Å². The molecule has 0 atom stereocenters. The van der Waals surface area contributed by atoms with Crippen LogP contribution in [-0.2, 0) is 16.2 Å². The molecule has 2 aliphatic carbocycles. The van der Waals surface area contributed by atoms with Gasteiger partial charge in [-0.1, -0.05) is 68.6 Å². The van der Waals surface area contributed by atoms with Gasteiger partial charge in [-0.3, -0.25) is 9.59 Å². The second-order valence-corrected chi connectivity index (χ2v) is 13.5. The van der Waals surface area contributed by atoms with Crippen LogP contribution in [-0.4, -0.2) is 18.7 Å². The number of hydrogen-bond donors (Lipinski definition) is 1. The van der Waals surface area contributed by atoms with E-state index in [1.165, 1.54) is 0 Å². The monoisotopic (exact) mass is 587 g/mol. The highest BCUT2D eigenvalue weighted by Gasteiger charge is 2.46. The minimum absolute atomic E-state index is 0.0537. The number of hydrogen-bond acceptors (Lipinski definition) is 5. The molecule has 0 saturated heterocycles. The number of rotatable bonds is 5. The summed E-state index contributed by atoms with van der Waals surface area (Å²) < 4.78 is 11.8. The van der Waals surface area contributed by atoms with E-state index in [2.05, 4.69) is 33.0 Å². The number of allylic oxidation sites excluding steroid dienone is 4. The van der Waals surface area contributed by atoms with Gasteiger partial charge in [-0.2, -0.15) is 0 Å². The Morgan fingerprint density at radius 1 is 0.821 bits per heavy atom. The Hall–Kier alpha value is -2.47. The van der Waals surface area contributed by atoms with Crippen LogP contribution in [0.5, 0.6) is 11.5 Å². The third kappa shape index (κ3) is 5.46. The summed E-state index contributed by atoms with van der Waals surface area (Å²) in [6.45, 7) is 8.61. The van der Waals surface area contributed by atoms with Gasteiger partial charge in [0.2, 0.25) is 0 Å². The highest BCUT2D eigenvalue weighted by Crippen LogP contribution is 2.52. The van der Waals surface area contributed by atoms with E-state index in [-0.39, 0.29) is 29.0 Å². The largest absolute Gasteiger partial charge is 0.493 e. The van der Waals surface area contributed by atoms with Gasteiger partial charge in [-0.25, -0.2) is 0 Å². The molecule has 8 heteroatoms. The minimum atomic E-state index is -0.515. The molecule has 2 aromatic carbocycles. The van der Waals surface area contributed by atoms with Crippen molar-refractivity contribution in [2.24, 2.45) is 10.8 Å². The van der Waals surface area contributed by atoms with Crippen molar-refractivity contribution < 1.29 is 19.1 Å². The number of benzene rings is 2. The zero-order valence-corrected chi connectivity index (χ0v) is 25.0. The van der Waals surface area contributed by atoms with Crippen LogP contribution in [0.1, 0.15) is 70.4 Å². The van der Waals surface area contributed by atoms with E-state index in [9.17, 15) is 9.59 Å². The van der Waals surface area contributed by atoms with Gasteiger partial charge < -0.3 is 14.8 Å². The standard InChI is InChI=1S/C31H32Cl3NO4/c1-30(2)11-21-27(23(36)13-30)26(28-22(35-21)12-31(3,4)14-24(28)37)17-9-20(34)29(25(10-17)38-5)39-15-16-6-7-18(32)19(33)8-16/h6-10,26,35H,11-15H2,1-5H3. The molecule has 5 rings (SSSR count). The second-order valence-electron chi connectivity index (χ2n) is 12.3. The lowest BCUT2D eigenvalue weighted by Crippen LogP contribution is -2.42. The van der Waals surface area contributed by atoms with E-state index in [4.69, 9.17) is 44.3 Å². The predicted molar refractivity (Wildman–Crippen MR) is 155 cm³/mol. The summed E-state index contributed by atoms with van der Waals surface area (Å²) in [6.07, 6.45) is 2.29. The average molecular weight is 589 g/mol. The van der Waals surface area contributed by atoms with Crippen LogP contribution in [0.3, 0.4) is 0 Å². The fourth-order valence-electron chi connectivity index (χ4n) is 6.05. The molecule has 0 amide bonds. The van der Waals surface area contributed by atoms with Crippen LogP contribution >= 0.6 is 34.8 Å². The van der Waals surface area contributed by atoms with Gasteiger partial charge in [-0.05, 0) is 59.1 Å². The van der Waals surface area contributed by atoms with E-state index < -0.39 is 5.92 Å². The Kier molecular flexibility index (Phi) is 7.32. The Balaban J connectivity index is 1.58. The highest BCUT2D eigenvalue weighted by molar-refractivity contribution is 6.42. The van der Waals surface area contributed by atoms with Crippen LogP contribution < -0.4 is 14.8 Å². The van der Waals surface area contributed by atoms with Crippen molar-refractivity contribution in [1.82, 2.24) is 5.32 Å². The molecule has 206 valence electrons. The number of nitrogens with one attached hydrogen (secondary N) is 1. The number of methoxy groups -OCH3 is 1. The van der Waals surface area contributed by atoms with Crippen molar-refractivity contribution in [1.29, 1.82) is 0 Å². The molecule has 0 spiro atoms. The summed E-state index contributed by atoms with van der Waals surface area (Å²) in [6, 6.07) is 8.90. The summed E-state index contributed by atoms with van der Waals surface area (Å²) >= 11 is 19.0. The summed E-state index contributed by atoms with van der Waals surface area (Å²) in [5.41, 5.74) is 4.34. The maximum absolute atomic E-state index is 13.6. The third-order valence-electron chi connectivity index (χ3n) is 7.67. The first-order valence-corrected chi connectivity index (χ1v) is 14.2. The summed E-state index contributed by atoms with van der Waals surface area (Å²) in [5.74, 6) is 0.390. The van der Waals surface area contributed by atoms with Crippen LogP contribution in [0.4, 0.5) is 0 Å². The van der Waals surface area contributed by atoms with Gasteiger partial charge in [0.25, 0.3) is 0 Å². The Morgan fingerprint density at radius 3 is 1.95 bits per heavy atom. The molecule has 1 aliphatic heterocycles. The number of ketones is 2. The lowest BCUT2D eigenvalue weighted by molar-refractivity contribution is -0.119. The minimum Gasteiger partial charge on any atom is -0.493 e. The number of halogens is 3. The van der Waals surface area contributed by atoms with Crippen molar-refractivity contribution >= 4 is 46.4 Å². The Labute approximate surface area is 244 Å². The van der Waals surface area contributed by atoms with Gasteiger partial charge in [0.15, 0.2) is 23.1 Å². The number of carbonyl (C=O) groups excluding carboxylic acids is 2. The number of Topliss-reactive ketones (excluding diaryl/α,β-unsaturated/α-hetero) is 2. The van der Waals surface area contributed by atoms with Crippen molar-refractivity contribution in [3.05, 3.63) is 79.1 Å². The van der Waals surface area contributed by atoms with E-state index >= 15 is 0 Å². The lowest BCUT2D eigenvalue weighted by Gasteiger charge is -2.44. The Morgan fingerprint density at radius 2 is 1.41 bits per heavy atom. The molecular formula is C31H32Cl3NO4. The average Bonchev–Trinajstić information content (AvgIpc) is 2.82. The van der Waals surface area contributed by atoms with Crippen molar-refractivity contribution in [3.8, 4) is 11.5 Å².